The summed E-state index contributed by atoms with van der Waals surface area (Å²) in [5.74, 6) is 0.158. The summed E-state index contributed by atoms with van der Waals surface area (Å²) in [6.45, 7) is 3.92. The zero-order chi connectivity index (χ0) is 15.2. The lowest BCUT2D eigenvalue weighted by Crippen LogP contribution is -2.36. The Balaban J connectivity index is 1.87. The Kier molecular flexibility index (Phi) is 5.14. The summed E-state index contributed by atoms with van der Waals surface area (Å²) in [5, 5.41) is 14.0. The zero-order valence-corrected chi connectivity index (χ0v) is 12.3. The molecule has 0 atom stereocenters. The van der Waals surface area contributed by atoms with Crippen molar-refractivity contribution in [2.45, 2.75) is 32.6 Å². The van der Waals surface area contributed by atoms with Gasteiger partial charge in [0, 0.05) is 43.4 Å². The van der Waals surface area contributed by atoms with Crippen LogP contribution >= 0.6 is 0 Å². The van der Waals surface area contributed by atoms with Crippen molar-refractivity contribution in [3.05, 3.63) is 33.9 Å². The molecule has 2 rings (SSSR count). The number of nitro groups is 1. The van der Waals surface area contributed by atoms with Crippen molar-refractivity contribution in [3.8, 4) is 0 Å². The molecule has 1 fully saturated rings. The van der Waals surface area contributed by atoms with E-state index in [1.54, 1.807) is 19.1 Å². The summed E-state index contributed by atoms with van der Waals surface area (Å²) in [5.41, 5.74) is 1.42. The minimum absolute atomic E-state index is 0.0994. The van der Waals surface area contributed by atoms with Gasteiger partial charge in [-0.3, -0.25) is 14.9 Å². The van der Waals surface area contributed by atoms with Crippen molar-refractivity contribution in [1.82, 2.24) is 4.90 Å². The Bertz CT molecular complexity index is 525. The van der Waals surface area contributed by atoms with E-state index in [2.05, 4.69) is 5.32 Å². The number of nitrogens with zero attached hydrogens (tertiary/aromatic N) is 2. The van der Waals surface area contributed by atoms with Gasteiger partial charge in [0.25, 0.3) is 5.69 Å². The standard InChI is InChI=1S/C15H21N3O3/c1-12-13(6-5-7-14(12)18(20)21)16-9-8-15(19)17-10-3-2-4-11-17/h5-7,16H,2-4,8-11H2,1H3. The largest absolute Gasteiger partial charge is 0.384 e. The fourth-order valence-electron chi connectivity index (χ4n) is 2.62. The van der Waals surface area contributed by atoms with Gasteiger partial charge in [-0.1, -0.05) is 6.07 Å². The van der Waals surface area contributed by atoms with Gasteiger partial charge in [-0.25, -0.2) is 0 Å². The van der Waals surface area contributed by atoms with Crippen LogP contribution in [-0.2, 0) is 4.79 Å². The van der Waals surface area contributed by atoms with E-state index in [9.17, 15) is 14.9 Å². The first-order valence-corrected chi connectivity index (χ1v) is 7.35. The fourth-order valence-corrected chi connectivity index (χ4v) is 2.62. The lowest BCUT2D eigenvalue weighted by Gasteiger charge is -2.26. The molecule has 1 aliphatic heterocycles. The first-order valence-electron chi connectivity index (χ1n) is 7.35. The average molecular weight is 291 g/mol. The highest BCUT2D eigenvalue weighted by atomic mass is 16.6. The molecule has 1 N–H and O–H groups in total. The number of hydrogen-bond acceptors (Lipinski definition) is 4. The highest BCUT2D eigenvalue weighted by Gasteiger charge is 2.16. The Labute approximate surface area is 124 Å². The van der Waals surface area contributed by atoms with Crippen molar-refractivity contribution in [3.63, 3.8) is 0 Å². The van der Waals surface area contributed by atoms with Crippen molar-refractivity contribution in [2.24, 2.45) is 0 Å². The topological polar surface area (TPSA) is 75.5 Å². The molecule has 1 aromatic rings. The molecular formula is C15H21N3O3. The molecule has 0 aromatic heterocycles. The second-order valence-electron chi connectivity index (χ2n) is 5.33. The maximum atomic E-state index is 12.0. The number of nitrogens with one attached hydrogen (secondary N) is 1. The summed E-state index contributed by atoms with van der Waals surface area (Å²) < 4.78 is 0. The Morgan fingerprint density at radius 2 is 2.05 bits per heavy atom. The van der Waals surface area contributed by atoms with E-state index in [-0.39, 0.29) is 16.5 Å². The van der Waals surface area contributed by atoms with Crippen LogP contribution in [0.1, 0.15) is 31.2 Å². The van der Waals surface area contributed by atoms with Crippen LogP contribution in [0, 0.1) is 17.0 Å². The van der Waals surface area contributed by atoms with E-state index < -0.39 is 0 Å². The molecule has 1 aliphatic rings. The molecule has 6 heteroatoms. The predicted octanol–water partition coefficient (Wildman–Crippen LogP) is 2.72. The van der Waals surface area contributed by atoms with Crippen LogP contribution in [-0.4, -0.2) is 35.4 Å². The first kappa shape index (κ1) is 15.3. The minimum atomic E-state index is -0.389. The number of nitro benzene ring substituents is 1. The van der Waals surface area contributed by atoms with Crippen LogP contribution in [0.25, 0.3) is 0 Å². The van der Waals surface area contributed by atoms with Crippen LogP contribution in [0.3, 0.4) is 0 Å². The van der Waals surface area contributed by atoms with Crippen LogP contribution in [0.15, 0.2) is 18.2 Å². The van der Waals surface area contributed by atoms with E-state index in [1.165, 1.54) is 12.5 Å². The van der Waals surface area contributed by atoms with Crippen LogP contribution in [0.5, 0.6) is 0 Å². The minimum Gasteiger partial charge on any atom is -0.384 e. The molecule has 1 heterocycles. The second kappa shape index (κ2) is 7.06. The number of anilines is 1. The van der Waals surface area contributed by atoms with Crippen molar-refractivity contribution >= 4 is 17.3 Å². The van der Waals surface area contributed by atoms with Gasteiger partial charge >= 0.3 is 0 Å². The molecule has 1 aromatic carbocycles. The van der Waals surface area contributed by atoms with E-state index in [4.69, 9.17) is 0 Å². The van der Waals surface area contributed by atoms with E-state index >= 15 is 0 Å². The number of amides is 1. The van der Waals surface area contributed by atoms with Crippen molar-refractivity contribution in [1.29, 1.82) is 0 Å². The smallest absolute Gasteiger partial charge is 0.274 e. The van der Waals surface area contributed by atoms with E-state index in [0.29, 0.717) is 18.5 Å². The van der Waals surface area contributed by atoms with Gasteiger partial charge in [-0.2, -0.15) is 0 Å². The molecule has 0 spiro atoms. The molecule has 1 amide bonds. The third-order valence-corrected chi connectivity index (χ3v) is 3.86. The highest BCUT2D eigenvalue weighted by molar-refractivity contribution is 5.77. The summed E-state index contributed by atoms with van der Waals surface area (Å²) >= 11 is 0. The molecule has 6 nitrogen and oxygen atoms in total. The Morgan fingerprint density at radius 3 is 2.71 bits per heavy atom. The Morgan fingerprint density at radius 1 is 1.33 bits per heavy atom. The van der Waals surface area contributed by atoms with Gasteiger partial charge < -0.3 is 10.2 Å². The number of piperidine rings is 1. The maximum absolute atomic E-state index is 12.0. The average Bonchev–Trinajstić information content (AvgIpc) is 2.49. The molecule has 0 saturated carbocycles. The van der Waals surface area contributed by atoms with E-state index in [1.807, 2.05) is 4.90 Å². The lowest BCUT2D eigenvalue weighted by atomic mass is 10.1. The summed E-state index contributed by atoms with van der Waals surface area (Å²) in [7, 11) is 0. The van der Waals surface area contributed by atoms with Crippen molar-refractivity contribution < 1.29 is 9.72 Å². The molecule has 0 unspecified atom stereocenters. The third-order valence-electron chi connectivity index (χ3n) is 3.86. The summed E-state index contributed by atoms with van der Waals surface area (Å²) in [4.78, 5) is 24.4. The molecule has 0 radical (unpaired) electrons. The second-order valence-corrected chi connectivity index (χ2v) is 5.33. The number of rotatable bonds is 5. The van der Waals surface area contributed by atoms with Crippen LogP contribution in [0.2, 0.25) is 0 Å². The maximum Gasteiger partial charge on any atom is 0.274 e. The van der Waals surface area contributed by atoms with Gasteiger partial charge in [-0.15, -0.1) is 0 Å². The summed E-state index contributed by atoms with van der Waals surface area (Å²) in [6.07, 6.45) is 3.79. The zero-order valence-electron chi connectivity index (χ0n) is 12.3. The number of likely N-dealkylation sites (tertiary alicyclic amines) is 1. The van der Waals surface area contributed by atoms with Gasteiger partial charge in [0.1, 0.15) is 0 Å². The van der Waals surface area contributed by atoms with E-state index in [0.717, 1.165) is 31.6 Å². The predicted molar refractivity (Wildman–Crippen MR) is 81.4 cm³/mol. The highest BCUT2D eigenvalue weighted by Crippen LogP contribution is 2.24. The Hall–Kier alpha value is -2.11. The van der Waals surface area contributed by atoms with Gasteiger partial charge in [0.2, 0.25) is 5.91 Å². The number of benzene rings is 1. The quantitative estimate of drug-likeness (QED) is 0.668. The van der Waals surface area contributed by atoms with Gasteiger partial charge in [-0.05, 0) is 32.3 Å². The number of hydrogen-bond donors (Lipinski definition) is 1. The number of carbonyl (C=O) groups excluding carboxylic acids is 1. The normalized spacial score (nSPS) is 14.8. The molecule has 1 saturated heterocycles. The van der Waals surface area contributed by atoms with Crippen LogP contribution in [0.4, 0.5) is 11.4 Å². The van der Waals surface area contributed by atoms with Gasteiger partial charge in [0.05, 0.1) is 4.92 Å². The monoisotopic (exact) mass is 291 g/mol. The molecule has 114 valence electrons. The van der Waals surface area contributed by atoms with Crippen LogP contribution < -0.4 is 5.32 Å². The molecule has 21 heavy (non-hydrogen) atoms. The number of carbonyl (C=O) groups is 1. The lowest BCUT2D eigenvalue weighted by molar-refractivity contribution is -0.385. The first-order chi connectivity index (χ1) is 10.1. The van der Waals surface area contributed by atoms with Crippen molar-refractivity contribution in [2.75, 3.05) is 25.0 Å². The fraction of sp³-hybridized carbons (Fsp3) is 0.533. The molecular weight excluding hydrogens is 270 g/mol. The third kappa shape index (κ3) is 3.93. The summed E-state index contributed by atoms with van der Waals surface area (Å²) in [6, 6.07) is 4.94. The molecule has 0 bridgehead atoms. The SMILES string of the molecule is Cc1c(NCCC(=O)N2CCCCC2)cccc1[N+](=O)[O-]. The molecule has 0 aliphatic carbocycles. The van der Waals surface area contributed by atoms with Gasteiger partial charge in [0.15, 0.2) is 0 Å².